The molecular weight excluding hydrogens is 301 g/mol. The van der Waals surface area contributed by atoms with Gasteiger partial charge in [-0.15, -0.1) is 11.3 Å². The summed E-state index contributed by atoms with van der Waals surface area (Å²) < 4.78 is 41.0. The normalized spacial score (nSPS) is 14.4. The number of alkyl halides is 3. The molecule has 0 aliphatic rings. The van der Waals surface area contributed by atoms with Gasteiger partial charge in [0.25, 0.3) is 0 Å². The van der Waals surface area contributed by atoms with Gasteiger partial charge in [-0.05, 0) is 6.54 Å². The van der Waals surface area contributed by atoms with Crippen LogP contribution in [0.5, 0.6) is 0 Å². The minimum Gasteiger partial charge on any atom is -0.370 e. The standard InChI is InChI=1S/C14H23F3N2OS/c1-5-18-10(7-20-9-14(15,16)17)6-12-19-11(8-21-12)13(2,3)4/h8,10,18H,5-7,9H2,1-4H3. The highest BCUT2D eigenvalue weighted by atomic mass is 32.1. The van der Waals surface area contributed by atoms with Crippen LogP contribution in [0.2, 0.25) is 0 Å². The van der Waals surface area contributed by atoms with Crippen LogP contribution in [-0.2, 0) is 16.6 Å². The largest absolute Gasteiger partial charge is 0.411 e. The molecule has 1 aromatic rings. The fourth-order valence-electron chi connectivity index (χ4n) is 1.76. The first-order chi connectivity index (χ1) is 9.62. The van der Waals surface area contributed by atoms with Crippen LogP contribution in [0.15, 0.2) is 5.38 Å². The molecule has 1 rings (SSSR count). The Kier molecular flexibility index (Phi) is 6.62. The average Bonchev–Trinajstić information content (AvgIpc) is 2.75. The summed E-state index contributed by atoms with van der Waals surface area (Å²) in [6.07, 6.45) is -3.70. The van der Waals surface area contributed by atoms with E-state index in [2.05, 4.69) is 31.1 Å². The number of aromatic nitrogens is 1. The highest BCUT2D eigenvalue weighted by Crippen LogP contribution is 2.24. The number of halogens is 3. The van der Waals surface area contributed by atoms with E-state index in [1.165, 1.54) is 0 Å². The van der Waals surface area contributed by atoms with Gasteiger partial charge in [0.15, 0.2) is 0 Å². The van der Waals surface area contributed by atoms with Crippen molar-refractivity contribution in [2.24, 2.45) is 0 Å². The van der Waals surface area contributed by atoms with Crippen LogP contribution in [0.25, 0.3) is 0 Å². The highest BCUT2D eigenvalue weighted by Gasteiger charge is 2.28. The highest BCUT2D eigenvalue weighted by molar-refractivity contribution is 7.09. The van der Waals surface area contributed by atoms with Crippen molar-refractivity contribution in [3.8, 4) is 0 Å². The van der Waals surface area contributed by atoms with Crippen LogP contribution in [0.4, 0.5) is 13.2 Å². The maximum absolute atomic E-state index is 12.1. The third kappa shape index (κ3) is 7.24. The van der Waals surface area contributed by atoms with E-state index in [1.807, 2.05) is 12.3 Å². The predicted octanol–water partition coefficient (Wildman–Crippen LogP) is 3.54. The molecule has 1 unspecified atom stereocenters. The van der Waals surface area contributed by atoms with Gasteiger partial charge in [0.2, 0.25) is 0 Å². The van der Waals surface area contributed by atoms with E-state index in [0.29, 0.717) is 13.0 Å². The van der Waals surface area contributed by atoms with Crippen LogP contribution < -0.4 is 5.32 Å². The smallest absolute Gasteiger partial charge is 0.370 e. The molecule has 0 bridgehead atoms. The second-order valence-corrected chi connectivity index (χ2v) is 6.91. The lowest BCUT2D eigenvalue weighted by molar-refractivity contribution is -0.175. The van der Waals surface area contributed by atoms with Crippen LogP contribution in [0.3, 0.4) is 0 Å². The van der Waals surface area contributed by atoms with E-state index in [0.717, 1.165) is 10.7 Å². The topological polar surface area (TPSA) is 34.1 Å². The Balaban J connectivity index is 2.55. The van der Waals surface area contributed by atoms with Crippen LogP contribution in [-0.4, -0.2) is 37.0 Å². The molecule has 0 aliphatic heterocycles. The SMILES string of the molecule is CCNC(COCC(F)(F)F)Cc1nc(C(C)(C)C)cs1. The Labute approximate surface area is 127 Å². The van der Waals surface area contributed by atoms with Gasteiger partial charge < -0.3 is 10.1 Å². The van der Waals surface area contributed by atoms with Gasteiger partial charge in [-0.3, -0.25) is 0 Å². The number of hydrogen-bond donors (Lipinski definition) is 1. The van der Waals surface area contributed by atoms with E-state index in [1.54, 1.807) is 11.3 Å². The van der Waals surface area contributed by atoms with Gasteiger partial charge >= 0.3 is 6.18 Å². The Morgan fingerprint density at radius 3 is 2.48 bits per heavy atom. The molecule has 1 N–H and O–H groups in total. The molecule has 0 aromatic carbocycles. The zero-order valence-corrected chi connectivity index (χ0v) is 13.7. The van der Waals surface area contributed by atoms with E-state index < -0.39 is 12.8 Å². The van der Waals surface area contributed by atoms with Gasteiger partial charge in [0.1, 0.15) is 6.61 Å². The molecule has 0 aliphatic carbocycles. The first-order valence-electron chi connectivity index (χ1n) is 6.94. The lowest BCUT2D eigenvalue weighted by Gasteiger charge is -2.18. The fraction of sp³-hybridized carbons (Fsp3) is 0.786. The number of rotatable bonds is 7. The second-order valence-electron chi connectivity index (χ2n) is 5.97. The molecule has 3 nitrogen and oxygen atoms in total. The van der Waals surface area contributed by atoms with Crippen LogP contribution in [0.1, 0.15) is 38.4 Å². The monoisotopic (exact) mass is 324 g/mol. The average molecular weight is 324 g/mol. The maximum atomic E-state index is 12.1. The summed E-state index contributed by atoms with van der Waals surface area (Å²) in [5, 5.41) is 6.07. The quantitative estimate of drug-likeness (QED) is 0.833. The molecule has 0 amide bonds. The molecule has 1 aromatic heterocycles. The summed E-state index contributed by atoms with van der Waals surface area (Å²) in [6.45, 7) is 7.66. The van der Waals surface area contributed by atoms with Crippen molar-refractivity contribution in [3.63, 3.8) is 0 Å². The van der Waals surface area contributed by atoms with E-state index in [9.17, 15) is 13.2 Å². The molecule has 21 heavy (non-hydrogen) atoms. The Morgan fingerprint density at radius 2 is 2.00 bits per heavy atom. The summed E-state index contributed by atoms with van der Waals surface area (Å²) >= 11 is 1.54. The number of nitrogens with one attached hydrogen (secondary N) is 1. The third-order valence-corrected chi connectivity index (χ3v) is 3.69. The van der Waals surface area contributed by atoms with Crippen molar-refractivity contribution in [1.82, 2.24) is 10.3 Å². The van der Waals surface area contributed by atoms with E-state index in [4.69, 9.17) is 4.74 Å². The summed E-state index contributed by atoms with van der Waals surface area (Å²) in [4.78, 5) is 4.56. The van der Waals surface area contributed by atoms with Crippen molar-refractivity contribution >= 4 is 11.3 Å². The molecule has 7 heteroatoms. The second kappa shape index (κ2) is 7.56. The Hall–Kier alpha value is -0.660. The maximum Gasteiger partial charge on any atom is 0.411 e. The Bertz CT molecular complexity index is 427. The van der Waals surface area contributed by atoms with E-state index in [-0.39, 0.29) is 18.1 Å². The molecule has 0 radical (unpaired) electrons. The zero-order chi connectivity index (χ0) is 16.1. The lowest BCUT2D eigenvalue weighted by Crippen LogP contribution is -2.36. The molecule has 122 valence electrons. The van der Waals surface area contributed by atoms with Crippen molar-refractivity contribution in [1.29, 1.82) is 0 Å². The van der Waals surface area contributed by atoms with Crippen LogP contribution in [0, 0.1) is 0 Å². The molecule has 1 atom stereocenters. The third-order valence-electron chi connectivity index (χ3n) is 2.82. The summed E-state index contributed by atoms with van der Waals surface area (Å²) in [7, 11) is 0. The summed E-state index contributed by atoms with van der Waals surface area (Å²) in [5.41, 5.74) is 0.990. The molecular formula is C14H23F3N2OS. The number of hydrogen-bond acceptors (Lipinski definition) is 4. The van der Waals surface area contributed by atoms with Crippen molar-refractivity contribution in [2.75, 3.05) is 19.8 Å². The van der Waals surface area contributed by atoms with E-state index >= 15 is 0 Å². The fourth-order valence-corrected chi connectivity index (χ4v) is 2.86. The molecule has 0 saturated carbocycles. The van der Waals surface area contributed by atoms with Crippen molar-refractivity contribution < 1.29 is 17.9 Å². The first-order valence-corrected chi connectivity index (χ1v) is 7.82. The zero-order valence-electron chi connectivity index (χ0n) is 12.9. The van der Waals surface area contributed by atoms with Crippen molar-refractivity contribution in [3.05, 3.63) is 16.1 Å². The number of likely N-dealkylation sites (N-methyl/N-ethyl adjacent to an activating group) is 1. The van der Waals surface area contributed by atoms with Gasteiger partial charge in [0.05, 0.1) is 17.3 Å². The summed E-state index contributed by atoms with van der Waals surface area (Å²) in [5.74, 6) is 0. The van der Waals surface area contributed by atoms with Crippen molar-refractivity contribution in [2.45, 2.75) is 51.7 Å². The van der Waals surface area contributed by atoms with Gasteiger partial charge in [-0.1, -0.05) is 27.7 Å². The number of thiazole rings is 1. The van der Waals surface area contributed by atoms with Gasteiger partial charge in [0, 0.05) is 23.3 Å². The first kappa shape index (κ1) is 18.4. The van der Waals surface area contributed by atoms with Crippen LogP contribution >= 0.6 is 11.3 Å². The molecule has 0 spiro atoms. The van der Waals surface area contributed by atoms with Gasteiger partial charge in [-0.25, -0.2) is 4.98 Å². The molecule has 0 fully saturated rings. The molecule has 0 saturated heterocycles. The lowest BCUT2D eigenvalue weighted by atomic mass is 9.93. The number of ether oxygens (including phenoxy) is 1. The minimum absolute atomic E-state index is 0.0186. The summed E-state index contributed by atoms with van der Waals surface area (Å²) in [6, 6.07) is -0.156. The minimum atomic E-state index is -4.28. The Morgan fingerprint density at radius 1 is 1.33 bits per heavy atom. The predicted molar refractivity (Wildman–Crippen MR) is 78.9 cm³/mol. The van der Waals surface area contributed by atoms with Gasteiger partial charge in [-0.2, -0.15) is 13.2 Å². The number of nitrogens with zero attached hydrogens (tertiary/aromatic N) is 1. The molecule has 1 heterocycles.